The molecule has 0 saturated heterocycles. The molecule has 0 bridgehead atoms. The van der Waals surface area contributed by atoms with Gasteiger partial charge in [0, 0.05) is 5.69 Å². The summed E-state index contributed by atoms with van der Waals surface area (Å²) in [5, 5.41) is 12.4. The molecule has 1 heterocycles. The van der Waals surface area contributed by atoms with Gasteiger partial charge in [-0.1, -0.05) is 44.5 Å². The highest BCUT2D eigenvalue weighted by Crippen LogP contribution is 2.25. The first-order chi connectivity index (χ1) is 9.38. The summed E-state index contributed by atoms with van der Waals surface area (Å²) in [6, 6.07) is 13.4. The van der Waals surface area contributed by atoms with Gasteiger partial charge in [0.15, 0.2) is 0 Å². The van der Waals surface area contributed by atoms with Crippen LogP contribution in [0.3, 0.4) is 0 Å². The molecule has 1 aromatic carbocycles. The van der Waals surface area contributed by atoms with E-state index in [4.69, 9.17) is 16.9 Å². The van der Waals surface area contributed by atoms with Crippen LogP contribution in [0.4, 0.5) is 11.5 Å². The summed E-state index contributed by atoms with van der Waals surface area (Å²) >= 11 is 5.88. The van der Waals surface area contributed by atoms with Gasteiger partial charge in [-0.2, -0.15) is 5.26 Å². The molecule has 0 unspecified atom stereocenters. The first-order valence-electron chi connectivity index (χ1n) is 6.34. The van der Waals surface area contributed by atoms with Crippen LogP contribution in [-0.2, 0) is 5.41 Å². The largest absolute Gasteiger partial charge is 0.340 e. The van der Waals surface area contributed by atoms with Crippen molar-refractivity contribution in [2.24, 2.45) is 0 Å². The number of nitriles is 1. The second-order valence-electron chi connectivity index (χ2n) is 5.63. The summed E-state index contributed by atoms with van der Waals surface area (Å²) < 4.78 is 0. The third-order valence-electron chi connectivity index (χ3n) is 2.95. The van der Waals surface area contributed by atoms with E-state index >= 15 is 0 Å². The summed E-state index contributed by atoms with van der Waals surface area (Å²) in [6.45, 7) is 6.52. The predicted molar refractivity (Wildman–Crippen MR) is 82.4 cm³/mol. The van der Waals surface area contributed by atoms with Crippen molar-refractivity contribution in [1.82, 2.24) is 4.98 Å². The number of nitrogens with one attached hydrogen (secondary N) is 1. The van der Waals surface area contributed by atoms with Crippen LogP contribution < -0.4 is 5.32 Å². The molecular weight excluding hydrogens is 270 g/mol. The van der Waals surface area contributed by atoms with E-state index < -0.39 is 0 Å². The van der Waals surface area contributed by atoms with Crippen LogP contribution in [0.15, 0.2) is 36.4 Å². The average molecular weight is 286 g/mol. The van der Waals surface area contributed by atoms with E-state index in [-0.39, 0.29) is 5.41 Å². The average Bonchev–Trinajstić information content (AvgIpc) is 2.37. The first kappa shape index (κ1) is 14.4. The van der Waals surface area contributed by atoms with Crippen LogP contribution in [0, 0.1) is 11.3 Å². The van der Waals surface area contributed by atoms with Gasteiger partial charge in [-0.15, -0.1) is 0 Å². The Morgan fingerprint density at radius 3 is 2.35 bits per heavy atom. The molecule has 3 nitrogen and oxygen atoms in total. The number of hydrogen-bond donors (Lipinski definition) is 1. The molecule has 2 rings (SSSR count). The van der Waals surface area contributed by atoms with Gasteiger partial charge in [0.2, 0.25) is 0 Å². The molecule has 2 aromatic rings. The minimum absolute atomic E-state index is 0.126. The minimum atomic E-state index is 0.126. The van der Waals surface area contributed by atoms with E-state index in [0.717, 1.165) is 5.69 Å². The van der Waals surface area contributed by atoms with Crippen LogP contribution in [0.5, 0.6) is 0 Å². The highest BCUT2D eigenvalue weighted by molar-refractivity contribution is 6.29. The summed E-state index contributed by atoms with van der Waals surface area (Å²) in [5.74, 6) is 0.567. The molecule has 20 heavy (non-hydrogen) atoms. The summed E-state index contributed by atoms with van der Waals surface area (Å²) in [4.78, 5) is 4.15. The third kappa shape index (κ3) is 3.49. The Morgan fingerprint density at radius 1 is 1.15 bits per heavy atom. The van der Waals surface area contributed by atoms with Crippen LogP contribution in [0.1, 0.15) is 31.9 Å². The molecule has 0 radical (unpaired) electrons. The van der Waals surface area contributed by atoms with Crippen molar-refractivity contribution >= 4 is 23.1 Å². The number of rotatable bonds is 2. The summed E-state index contributed by atoms with van der Waals surface area (Å²) in [7, 11) is 0. The summed E-state index contributed by atoms with van der Waals surface area (Å²) in [6.07, 6.45) is 0. The topological polar surface area (TPSA) is 48.7 Å². The highest BCUT2D eigenvalue weighted by atomic mass is 35.5. The van der Waals surface area contributed by atoms with E-state index in [1.54, 1.807) is 6.07 Å². The molecule has 0 spiro atoms. The van der Waals surface area contributed by atoms with Crippen LogP contribution in [0.2, 0.25) is 5.15 Å². The van der Waals surface area contributed by atoms with Gasteiger partial charge in [-0.25, -0.2) is 4.98 Å². The molecular formula is C16H16ClN3. The lowest BCUT2D eigenvalue weighted by Gasteiger charge is -2.19. The van der Waals surface area contributed by atoms with Gasteiger partial charge < -0.3 is 5.32 Å². The Bertz CT molecular complexity index is 649. The Hall–Kier alpha value is -2.05. The maximum Gasteiger partial charge on any atom is 0.133 e. The van der Waals surface area contributed by atoms with E-state index in [1.165, 1.54) is 11.6 Å². The van der Waals surface area contributed by atoms with Gasteiger partial charge in [0.05, 0.1) is 11.6 Å². The lowest BCUT2D eigenvalue weighted by molar-refractivity contribution is 0.590. The highest BCUT2D eigenvalue weighted by Gasteiger charge is 2.12. The fourth-order valence-electron chi connectivity index (χ4n) is 1.83. The Labute approximate surface area is 124 Å². The van der Waals surface area contributed by atoms with Crippen molar-refractivity contribution in [3.05, 3.63) is 52.7 Å². The number of aromatic nitrogens is 1. The fraction of sp³-hybridized carbons (Fsp3) is 0.250. The predicted octanol–water partition coefficient (Wildman–Crippen LogP) is 4.65. The van der Waals surface area contributed by atoms with Crippen molar-refractivity contribution in [2.75, 3.05) is 5.32 Å². The van der Waals surface area contributed by atoms with Gasteiger partial charge >= 0.3 is 0 Å². The lowest BCUT2D eigenvalue weighted by Crippen LogP contribution is -2.10. The molecule has 1 N–H and O–H groups in total. The van der Waals surface area contributed by atoms with Crippen molar-refractivity contribution in [1.29, 1.82) is 5.26 Å². The molecule has 0 amide bonds. The SMILES string of the molecule is CC(C)(C)c1ccc(Nc2cc(C#N)cc(Cl)n2)cc1. The van der Waals surface area contributed by atoms with E-state index in [2.05, 4.69) is 49.3 Å². The smallest absolute Gasteiger partial charge is 0.133 e. The molecule has 0 aliphatic carbocycles. The van der Waals surface area contributed by atoms with Gasteiger partial charge in [-0.3, -0.25) is 0 Å². The maximum absolute atomic E-state index is 8.91. The number of hydrogen-bond acceptors (Lipinski definition) is 3. The number of halogens is 1. The van der Waals surface area contributed by atoms with Crippen molar-refractivity contribution in [3.8, 4) is 6.07 Å². The molecule has 0 atom stereocenters. The monoisotopic (exact) mass is 285 g/mol. The Kier molecular flexibility index (Phi) is 3.96. The van der Waals surface area contributed by atoms with Crippen LogP contribution in [0.25, 0.3) is 0 Å². The number of pyridine rings is 1. The zero-order valence-corrected chi connectivity index (χ0v) is 12.5. The molecule has 0 aliphatic heterocycles. The Balaban J connectivity index is 2.23. The second-order valence-corrected chi connectivity index (χ2v) is 6.02. The normalized spacial score (nSPS) is 10.9. The van der Waals surface area contributed by atoms with Gasteiger partial charge in [-0.05, 0) is 35.2 Å². The number of benzene rings is 1. The minimum Gasteiger partial charge on any atom is -0.340 e. The van der Waals surface area contributed by atoms with Crippen molar-refractivity contribution < 1.29 is 0 Å². The molecule has 4 heteroatoms. The fourth-order valence-corrected chi connectivity index (χ4v) is 2.04. The number of nitrogens with zero attached hydrogens (tertiary/aromatic N) is 2. The Morgan fingerprint density at radius 2 is 1.80 bits per heavy atom. The van der Waals surface area contributed by atoms with E-state index in [9.17, 15) is 0 Å². The first-order valence-corrected chi connectivity index (χ1v) is 6.71. The number of anilines is 2. The maximum atomic E-state index is 8.91. The van der Waals surface area contributed by atoms with Crippen molar-refractivity contribution in [2.45, 2.75) is 26.2 Å². The van der Waals surface area contributed by atoms with E-state index in [0.29, 0.717) is 16.5 Å². The van der Waals surface area contributed by atoms with Gasteiger partial charge in [0.25, 0.3) is 0 Å². The molecule has 0 aliphatic rings. The molecule has 0 saturated carbocycles. The summed E-state index contributed by atoms with van der Waals surface area (Å²) in [5.41, 5.74) is 2.79. The van der Waals surface area contributed by atoms with Crippen molar-refractivity contribution in [3.63, 3.8) is 0 Å². The zero-order valence-electron chi connectivity index (χ0n) is 11.7. The second kappa shape index (κ2) is 5.52. The van der Waals surface area contributed by atoms with Gasteiger partial charge in [0.1, 0.15) is 11.0 Å². The molecule has 1 aromatic heterocycles. The quantitative estimate of drug-likeness (QED) is 0.817. The third-order valence-corrected chi connectivity index (χ3v) is 3.14. The standard InChI is InChI=1S/C16H16ClN3/c1-16(2,3)12-4-6-13(7-5-12)19-15-9-11(10-18)8-14(17)20-15/h4-9H,1-3H3,(H,19,20). The molecule has 102 valence electrons. The lowest BCUT2D eigenvalue weighted by atomic mass is 9.87. The zero-order chi connectivity index (χ0) is 14.8. The van der Waals surface area contributed by atoms with E-state index in [1.807, 2.05) is 12.1 Å². The van der Waals surface area contributed by atoms with Crippen LogP contribution in [-0.4, -0.2) is 4.98 Å². The van der Waals surface area contributed by atoms with Crippen LogP contribution >= 0.6 is 11.6 Å². The molecule has 0 fully saturated rings.